The molecule has 0 saturated heterocycles. The Balaban J connectivity index is 0.000000667. The number of carbonyl (C=O) groups is 1. The van der Waals surface area contributed by atoms with E-state index in [1.54, 1.807) is 12.1 Å². The molecule has 0 aliphatic heterocycles. The molecule has 1 fully saturated rings. The minimum Gasteiger partial charge on any atom is -0.456 e. The number of ether oxygens (including phenoxy) is 1. The Hall–Kier alpha value is -1.20. The van der Waals surface area contributed by atoms with Crippen molar-refractivity contribution in [3.05, 3.63) is 35.4 Å². The zero-order chi connectivity index (χ0) is 20.5. The first-order valence-corrected chi connectivity index (χ1v) is 10.2. The fourth-order valence-corrected chi connectivity index (χ4v) is 1.61. The average molecular weight is 448 g/mol. The molecular formula is C20H32BrClN2O2. The fraction of sp³-hybridized carbons (Fsp3) is 0.550. The zero-order valence-electron chi connectivity index (χ0n) is 16.7. The molecule has 3 N–H and O–H groups in total. The van der Waals surface area contributed by atoms with Crippen molar-refractivity contribution in [3.63, 3.8) is 0 Å². The highest BCUT2D eigenvalue weighted by Gasteiger charge is 2.22. The van der Waals surface area contributed by atoms with E-state index in [9.17, 15) is 4.79 Å². The maximum atomic E-state index is 11.9. The first-order chi connectivity index (χ1) is 12.0. The normalized spacial score (nSPS) is 14.0. The monoisotopic (exact) mass is 446 g/mol. The largest absolute Gasteiger partial charge is 0.456 e. The molecule has 0 spiro atoms. The number of rotatable bonds is 4. The molecule has 4 nitrogen and oxygen atoms in total. The van der Waals surface area contributed by atoms with Gasteiger partial charge < -0.3 is 15.8 Å². The Bertz CT molecular complexity index is 594. The Morgan fingerprint density at radius 3 is 2.23 bits per heavy atom. The molecule has 0 bridgehead atoms. The van der Waals surface area contributed by atoms with Gasteiger partial charge in [-0.05, 0) is 58.7 Å². The summed E-state index contributed by atoms with van der Waals surface area (Å²) in [4.78, 5) is 12.1. The van der Waals surface area contributed by atoms with Gasteiger partial charge in [0.05, 0.1) is 16.9 Å². The summed E-state index contributed by atoms with van der Waals surface area (Å²) in [5.74, 6) is -0.341. The summed E-state index contributed by atoms with van der Waals surface area (Å²) in [6.07, 6.45) is 2.38. The van der Waals surface area contributed by atoms with Crippen LogP contribution in [0.5, 0.6) is 0 Å². The molecule has 0 heterocycles. The Kier molecular flexibility index (Phi) is 11.0. The van der Waals surface area contributed by atoms with Crippen LogP contribution >= 0.6 is 27.5 Å². The minimum atomic E-state index is -0.489. The van der Waals surface area contributed by atoms with Crippen LogP contribution < -0.4 is 11.1 Å². The topological polar surface area (TPSA) is 64.3 Å². The van der Waals surface area contributed by atoms with Gasteiger partial charge in [-0.1, -0.05) is 48.0 Å². The molecule has 0 radical (unpaired) electrons. The van der Waals surface area contributed by atoms with E-state index in [1.165, 1.54) is 12.8 Å². The first-order valence-electron chi connectivity index (χ1n) is 8.87. The third-order valence-corrected chi connectivity index (χ3v) is 4.20. The lowest BCUT2D eigenvalue weighted by molar-refractivity contribution is 0.00696. The van der Waals surface area contributed by atoms with Crippen molar-refractivity contribution in [1.82, 2.24) is 0 Å². The number of anilines is 2. The number of hydrogen-bond donors (Lipinski definition) is 2. The third kappa shape index (κ3) is 10.7. The second-order valence-electron chi connectivity index (χ2n) is 6.79. The molecule has 0 amide bonds. The van der Waals surface area contributed by atoms with Crippen molar-refractivity contribution in [2.45, 2.75) is 70.9 Å². The number of nitrogen functional groups attached to an aromatic ring is 1. The predicted octanol–water partition coefficient (Wildman–Crippen LogP) is 6.35. The van der Waals surface area contributed by atoms with Gasteiger partial charge in [-0.25, -0.2) is 4.79 Å². The molecule has 1 unspecified atom stereocenters. The zero-order valence-corrected chi connectivity index (χ0v) is 19.0. The summed E-state index contributed by atoms with van der Waals surface area (Å²) in [6, 6.07) is 5.79. The molecule has 2 rings (SSSR count). The van der Waals surface area contributed by atoms with E-state index >= 15 is 0 Å². The second kappa shape index (κ2) is 11.5. The van der Waals surface area contributed by atoms with Crippen LogP contribution in [0.25, 0.3) is 0 Å². The van der Waals surface area contributed by atoms with E-state index in [-0.39, 0.29) is 10.8 Å². The number of alkyl halides is 1. The van der Waals surface area contributed by atoms with Crippen molar-refractivity contribution >= 4 is 44.9 Å². The Morgan fingerprint density at radius 1 is 1.38 bits per heavy atom. The summed E-state index contributed by atoms with van der Waals surface area (Å²) in [5, 5.41) is 3.97. The van der Waals surface area contributed by atoms with Crippen molar-refractivity contribution in [3.8, 4) is 0 Å². The number of allylic oxidation sites excluding steroid dienone is 1. The lowest BCUT2D eigenvalue weighted by atomic mass is 10.1. The van der Waals surface area contributed by atoms with Crippen LogP contribution in [0.3, 0.4) is 0 Å². The number of halogens is 2. The maximum Gasteiger partial charge on any atom is 0.338 e. The maximum absolute atomic E-state index is 11.9. The van der Waals surface area contributed by atoms with Gasteiger partial charge in [0, 0.05) is 15.9 Å². The summed E-state index contributed by atoms with van der Waals surface area (Å²) < 4.78 is 5.30. The molecule has 26 heavy (non-hydrogen) atoms. The van der Waals surface area contributed by atoms with Gasteiger partial charge in [0.15, 0.2) is 0 Å². The van der Waals surface area contributed by atoms with Gasteiger partial charge >= 0.3 is 5.97 Å². The van der Waals surface area contributed by atoms with E-state index in [4.69, 9.17) is 22.1 Å². The number of esters is 1. The van der Waals surface area contributed by atoms with Crippen molar-refractivity contribution in [2.75, 3.05) is 11.1 Å². The van der Waals surface area contributed by atoms with Gasteiger partial charge in [-0.3, -0.25) is 0 Å². The lowest BCUT2D eigenvalue weighted by Gasteiger charge is -2.19. The number of nitrogens with one attached hydrogen (secondary N) is 1. The Morgan fingerprint density at radius 2 is 1.88 bits per heavy atom. The quantitative estimate of drug-likeness (QED) is 0.321. The highest BCUT2D eigenvalue weighted by atomic mass is 79.9. The van der Waals surface area contributed by atoms with E-state index in [1.807, 2.05) is 47.6 Å². The van der Waals surface area contributed by atoms with Crippen LogP contribution in [0.4, 0.5) is 11.4 Å². The van der Waals surface area contributed by atoms with E-state index in [2.05, 4.69) is 27.8 Å². The summed E-state index contributed by atoms with van der Waals surface area (Å²) >= 11 is 8.58. The van der Waals surface area contributed by atoms with E-state index in [0.29, 0.717) is 22.3 Å². The van der Waals surface area contributed by atoms with E-state index in [0.717, 1.165) is 5.69 Å². The predicted molar refractivity (Wildman–Crippen MR) is 117 cm³/mol. The van der Waals surface area contributed by atoms with Crippen LogP contribution in [0.2, 0.25) is 0 Å². The molecule has 1 atom stereocenters. The van der Waals surface area contributed by atoms with Gasteiger partial charge in [0.25, 0.3) is 0 Å². The van der Waals surface area contributed by atoms with Gasteiger partial charge in [-0.15, -0.1) is 0 Å². The van der Waals surface area contributed by atoms with Gasteiger partial charge in [-0.2, -0.15) is 0 Å². The highest BCUT2D eigenvalue weighted by Crippen LogP contribution is 2.29. The fourth-order valence-electron chi connectivity index (χ4n) is 1.61. The molecule has 1 aromatic carbocycles. The minimum absolute atomic E-state index is 0.235. The number of benzene rings is 1. The molecule has 1 aromatic rings. The smallest absolute Gasteiger partial charge is 0.338 e. The summed E-state index contributed by atoms with van der Waals surface area (Å²) in [5.41, 5.74) is 7.41. The molecule has 1 saturated carbocycles. The second-order valence-corrected chi connectivity index (χ2v) is 8.64. The van der Waals surface area contributed by atoms with Gasteiger partial charge in [0.2, 0.25) is 0 Å². The van der Waals surface area contributed by atoms with Crippen LogP contribution in [0, 0.1) is 0 Å². The number of carbonyl (C=O) groups excluding carboxylic acids is 1. The summed E-state index contributed by atoms with van der Waals surface area (Å²) in [6.45, 7) is 14.9. The first kappa shape index (κ1) is 24.8. The summed E-state index contributed by atoms with van der Waals surface area (Å²) in [7, 11) is 0. The van der Waals surface area contributed by atoms with Crippen LogP contribution in [0.15, 0.2) is 29.8 Å². The van der Waals surface area contributed by atoms with E-state index < -0.39 is 5.60 Å². The molecular weight excluding hydrogens is 416 g/mol. The van der Waals surface area contributed by atoms with Crippen LogP contribution in [-0.2, 0) is 4.74 Å². The standard InChI is InChI=1S/C14H20N2O2.C4H6BrCl.C2H6/c1-14(2,3)18-13(17)9-4-7-12(11(15)8-9)16-10-5-6-10;1-3(5)4(2)6;1-2/h4,7-8,10,16H,5-6,15H2,1-3H3;3H,2H2,1H3;1-2H3. The molecule has 0 aromatic heterocycles. The van der Waals surface area contributed by atoms with Crippen molar-refractivity contribution < 1.29 is 9.53 Å². The molecule has 148 valence electrons. The van der Waals surface area contributed by atoms with Crippen LogP contribution in [-0.4, -0.2) is 22.4 Å². The highest BCUT2D eigenvalue weighted by molar-refractivity contribution is 9.09. The molecule has 6 heteroatoms. The van der Waals surface area contributed by atoms with Crippen LogP contribution in [0.1, 0.15) is 64.7 Å². The van der Waals surface area contributed by atoms with Crippen molar-refractivity contribution in [1.29, 1.82) is 0 Å². The molecule has 1 aliphatic carbocycles. The van der Waals surface area contributed by atoms with Gasteiger partial charge in [0.1, 0.15) is 5.60 Å². The molecule has 1 aliphatic rings. The third-order valence-electron chi connectivity index (χ3n) is 3.05. The SMILES string of the molecule is C=C(Cl)C(C)Br.CC.CC(C)(C)OC(=O)c1ccc(NC2CC2)c(N)c1. The number of hydrogen-bond acceptors (Lipinski definition) is 4. The lowest BCUT2D eigenvalue weighted by Crippen LogP contribution is -2.24. The average Bonchev–Trinajstić information content (AvgIpc) is 3.34. The van der Waals surface area contributed by atoms with Crippen molar-refractivity contribution in [2.24, 2.45) is 0 Å². The number of nitrogens with two attached hydrogens (primary N) is 1. The Labute approximate surface area is 171 Å².